The zero-order chi connectivity index (χ0) is 17.0. The normalized spacial score (nSPS) is 12.3. The fourth-order valence-corrected chi connectivity index (χ4v) is 2.57. The van der Waals surface area contributed by atoms with E-state index in [0.717, 1.165) is 17.1 Å². The standard InChI is InChI=1S/C17H25FN4O/c1-12(11-23-16-9-7-6-8-15(16)18)19-10-14-13(2)20-22(5)17(14)21(3)4/h6-9,12,19H,10-11H2,1-5H3. The molecule has 1 atom stereocenters. The smallest absolute Gasteiger partial charge is 0.165 e. The number of aryl methyl sites for hydroxylation is 2. The van der Waals surface area contributed by atoms with E-state index in [-0.39, 0.29) is 17.6 Å². The van der Waals surface area contributed by atoms with Crippen LogP contribution in [-0.2, 0) is 13.6 Å². The maximum atomic E-state index is 13.5. The van der Waals surface area contributed by atoms with Crippen LogP contribution in [0.5, 0.6) is 5.75 Å². The Bertz CT molecular complexity index is 654. The Balaban J connectivity index is 1.92. The van der Waals surface area contributed by atoms with Crippen molar-refractivity contribution in [2.24, 2.45) is 7.05 Å². The highest BCUT2D eigenvalue weighted by atomic mass is 19.1. The largest absolute Gasteiger partial charge is 0.489 e. The van der Waals surface area contributed by atoms with Crippen LogP contribution in [0.15, 0.2) is 24.3 Å². The fraction of sp³-hybridized carbons (Fsp3) is 0.471. The molecule has 5 nitrogen and oxygen atoms in total. The van der Waals surface area contributed by atoms with Crippen LogP contribution >= 0.6 is 0 Å². The summed E-state index contributed by atoms with van der Waals surface area (Å²) in [7, 11) is 5.95. The minimum absolute atomic E-state index is 0.0872. The molecule has 1 N–H and O–H groups in total. The van der Waals surface area contributed by atoms with E-state index in [9.17, 15) is 4.39 Å². The van der Waals surface area contributed by atoms with Crippen LogP contribution in [0.1, 0.15) is 18.2 Å². The van der Waals surface area contributed by atoms with E-state index in [2.05, 4.69) is 15.3 Å². The van der Waals surface area contributed by atoms with Gasteiger partial charge in [-0.05, 0) is 26.0 Å². The van der Waals surface area contributed by atoms with Crippen molar-refractivity contribution in [3.05, 3.63) is 41.3 Å². The van der Waals surface area contributed by atoms with Gasteiger partial charge in [0.1, 0.15) is 12.4 Å². The summed E-state index contributed by atoms with van der Waals surface area (Å²) in [6.45, 7) is 5.11. The first-order valence-corrected chi connectivity index (χ1v) is 7.70. The van der Waals surface area contributed by atoms with Crippen LogP contribution in [0.4, 0.5) is 10.2 Å². The van der Waals surface area contributed by atoms with Crippen molar-refractivity contribution in [2.45, 2.75) is 26.4 Å². The molecule has 0 fully saturated rings. The lowest BCUT2D eigenvalue weighted by Gasteiger charge is -2.18. The highest BCUT2D eigenvalue weighted by Crippen LogP contribution is 2.21. The van der Waals surface area contributed by atoms with Gasteiger partial charge in [-0.15, -0.1) is 0 Å². The van der Waals surface area contributed by atoms with Gasteiger partial charge in [0.25, 0.3) is 0 Å². The predicted molar refractivity (Wildman–Crippen MR) is 90.5 cm³/mol. The summed E-state index contributed by atoms with van der Waals surface area (Å²) in [4.78, 5) is 2.05. The quantitative estimate of drug-likeness (QED) is 0.851. The molecular formula is C17H25FN4O. The molecule has 0 radical (unpaired) electrons. The second-order valence-electron chi connectivity index (χ2n) is 5.93. The number of para-hydroxylation sites is 1. The van der Waals surface area contributed by atoms with Gasteiger partial charge in [0.2, 0.25) is 0 Å². The summed E-state index contributed by atoms with van der Waals surface area (Å²) in [5.74, 6) is 1.03. The van der Waals surface area contributed by atoms with Crippen molar-refractivity contribution >= 4 is 5.82 Å². The first kappa shape index (κ1) is 17.3. The second-order valence-corrected chi connectivity index (χ2v) is 5.93. The first-order chi connectivity index (χ1) is 10.9. The average Bonchev–Trinajstić information content (AvgIpc) is 2.78. The molecule has 0 amide bonds. The second kappa shape index (κ2) is 7.46. The third-order valence-corrected chi connectivity index (χ3v) is 3.69. The van der Waals surface area contributed by atoms with Crippen molar-refractivity contribution in [1.82, 2.24) is 15.1 Å². The van der Waals surface area contributed by atoms with Crippen LogP contribution in [0.25, 0.3) is 0 Å². The Hall–Kier alpha value is -2.08. The molecule has 6 heteroatoms. The number of ether oxygens (including phenoxy) is 1. The Labute approximate surface area is 137 Å². The Kier molecular flexibility index (Phi) is 5.60. The topological polar surface area (TPSA) is 42.3 Å². The maximum Gasteiger partial charge on any atom is 0.165 e. The molecule has 0 spiro atoms. The number of nitrogens with zero attached hydrogens (tertiary/aromatic N) is 3. The minimum Gasteiger partial charge on any atom is -0.489 e. The van der Waals surface area contributed by atoms with E-state index < -0.39 is 0 Å². The molecule has 0 bridgehead atoms. The lowest BCUT2D eigenvalue weighted by Crippen LogP contribution is -2.32. The SMILES string of the molecule is Cc1nn(C)c(N(C)C)c1CNC(C)COc1ccccc1F. The molecule has 0 saturated heterocycles. The van der Waals surface area contributed by atoms with Crippen LogP contribution in [0.2, 0.25) is 0 Å². The van der Waals surface area contributed by atoms with Crippen LogP contribution in [0, 0.1) is 12.7 Å². The molecule has 1 heterocycles. The highest BCUT2D eigenvalue weighted by Gasteiger charge is 2.15. The van der Waals surface area contributed by atoms with Crippen molar-refractivity contribution in [1.29, 1.82) is 0 Å². The number of halogens is 1. The molecule has 0 aliphatic rings. The van der Waals surface area contributed by atoms with Crippen LogP contribution < -0.4 is 15.0 Å². The van der Waals surface area contributed by atoms with E-state index in [0.29, 0.717) is 13.2 Å². The third kappa shape index (κ3) is 4.22. The molecule has 126 valence electrons. The number of anilines is 1. The molecule has 0 saturated carbocycles. The fourth-order valence-electron chi connectivity index (χ4n) is 2.57. The minimum atomic E-state index is -0.335. The molecule has 23 heavy (non-hydrogen) atoms. The van der Waals surface area contributed by atoms with Gasteiger partial charge in [0, 0.05) is 39.3 Å². The summed E-state index contributed by atoms with van der Waals surface area (Å²) in [6, 6.07) is 6.54. The van der Waals surface area contributed by atoms with Gasteiger partial charge in [-0.3, -0.25) is 4.68 Å². The Morgan fingerprint density at radius 1 is 1.35 bits per heavy atom. The Morgan fingerprint density at radius 3 is 2.70 bits per heavy atom. The van der Waals surface area contributed by atoms with E-state index >= 15 is 0 Å². The van der Waals surface area contributed by atoms with Gasteiger partial charge in [0.05, 0.1) is 5.69 Å². The van der Waals surface area contributed by atoms with Gasteiger partial charge in [-0.1, -0.05) is 12.1 Å². The van der Waals surface area contributed by atoms with Crippen molar-refractivity contribution < 1.29 is 9.13 Å². The van der Waals surface area contributed by atoms with Crippen molar-refractivity contribution in [3.8, 4) is 5.75 Å². The van der Waals surface area contributed by atoms with Crippen LogP contribution in [-0.4, -0.2) is 36.5 Å². The summed E-state index contributed by atoms with van der Waals surface area (Å²) in [6.07, 6.45) is 0. The van der Waals surface area contributed by atoms with E-state index in [1.54, 1.807) is 18.2 Å². The van der Waals surface area contributed by atoms with Gasteiger partial charge in [-0.2, -0.15) is 5.10 Å². The molecular weight excluding hydrogens is 295 g/mol. The van der Waals surface area contributed by atoms with Crippen LogP contribution in [0.3, 0.4) is 0 Å². The number of nitrogens with one attached hydrogen (secondary N) is 1. The lowest BCUT2D eigenvalue weighted by molar-refractivity contribution is 0.261. The lowest BCUT2D eigenvalue weighted by atomic mass is 10.2. The number of hydrogen-bond acceptors (Lipinski definition) is 4. The highest BCUT2D eigenvalue weighted by molar-refractivity contribution is 5.48. The number of benzene rings is 1. The summed E-state index contributed by atoms with van der Waals surface area (Å²) >= 11 is 0. The van der Waals surface area contributed by atoms with Crippen molar-refractivity contribution in [2.75, 3.05) is 25.6 Å². The summed E-state index contributed by atoms with van der Waals surface area (Å²) < 4.78 is 20.9. The van der Waals surface area contributed by atoms with E-state index in [1.165, 1.54) is 6.07 Å². The van der Waals surface area contributed by atoms with Crippen molar-refractivity contribution in [3.63, 3.8) is 0 Å². The third-order valence-electron chi connectivity index (χ3n) is 3.69. The Morgan fingerprint density at radius 2 is 2.04 bits per heavy atom. The van der Waals surface area contributed by atoms with E-state index in [1.807, 2.05) is 39.7 Å². The van der Waals surface area contributed by atoms with Gasteiger partial charge in [-0.25, -0.2) is 4.39 Å². The number of hydrogen-bond donors (Lipinski definition) is 1. The first-order valence-electron chi connectivity index (χ1n) is 7.70. The number of aromatic nitrogens is 2. The zero-order valence-corrected chi connectivity index (χ0v) is 14.4. The molecule has 0 aliphatic heterocycles. The molecule has 0 aliphatic carbocycles. The zero-order valence-electron chi connectivity index (χ0n) is 14.4. The molecule has 2 aromatic rings. The molecule has 1 aromatic carbocycles. The number of rotatable bonds is 7. The predicted octanol–water partition coefficient (Wildman–Crippen LogP) is 2.49. The van der Waals surface area contributed by atoms with E-state index in [4.69, 9.17) is 4.74 Å². The summed E-state index contributed by atoms with van der Waals surface area (Å²) in [5, 5.41) is 7.88. The maximum absolute atomic E-state index is 13.5. The van der Waals surface area contributed by atoms with Gasteiger partial charge in [0.15, 0.2) is 11.6 Å². The van der Waals surface area contributed by atoms with Gasteiger partial charge >= 0.3 is 0 Å². The molecule has 1 unspecified atom stereocenters. The van der Waals surface area contributed by atoms with Gasteiger partial charge < -0.3 is 15.0 Å². The average molecular weight is 320 g/mol. The molecule has 2 rings (SSSR count). The summed E-state index contributed by atoms with van der Waals surface area (Å²) in [5.41, 5.74) is 2.17. The monoisotopic (exact) mass is 320 g/mol. The molecule has 1 aromatic heterocycles.